The van der Waals surface area contributed by atoms with Gasteiger partial charge in [-0.05, 0) is 24.6 Å². The normalized spacial score (nSPS) is 18.3. The number of phenolic OH excluding ortho intramolecular Hbond substituents is 1. The number of fused-ring (bicyclic) bond motifs is 1. The highest BCUT2D eigenvalue weighted by Gasteiger charge is 2.58. The molecular formula is C27H27BrO8. The number of aliphatic hydroxyl groups excluding tert-OH is 1. The summed E-state index contributed by atoms with van der Waals surface area (Å²) in [5, 5.41) is 31.5. The molecule has 0 spiro atoms. The van der Waals surface area contributed by atoms with Gasteiger partial charge in [-0.3, -0.25) is 0 Å². The lowest BCUT2D eigenvalue weighted by molar-refractivity contribution is -0.174. The molecule has 0 aromatic heterocycles. The first-order valence-electron chi connectivity index (χ1n) is 11.5. The molecular weight excluding hydrogens is 532 g/mol. The van der Waals surface area contributed by atoms with Gasteiger partial charge in [0.1, 0.15) is 29.6 Å². The Balaban J connectivity index is 1.66. The first-order valence-corrected chi connectivity index (χ1v) is 12.3. The lowest BCUT2D eigenvalue weighted by atomic mass is 9.85. The van der Waals surface area contributed by atoms with Crippen LogP contribution >= 0.6 is 15.9 Å². The van der Waals surface area contributed by atoms with Gasteiger partial charge in [0, 0.05) is 35.2 Å². The second-order valence-corrected chi connectivity index (χ2v) is 9.04. The Morgan fingerprint density at radius 3 is 2.56 bits per heavy atom. The third-order valence-electron chi connectivity index (χ3n) is 5.72. The molecule has 190 valence electrons. The molecule has 3 N–H and O–H groups in total. The molecule has 0 bridgehead atoms. The summed E-state index contributed by atoms with van der Waals surface area (Å²) in [5.41, 5.74) is -0.947. The third kappa shape index (κ3) is 5.13. The van der Waals surface area contributed by atoms with Gasteiger partial charge < -0.3 is 34.3 Å². The summed E-state index contributed by atoms with van der Waals surface area (Å²) in [6.07, 6.45) is -0.817. The Labute approximate surface area is 217 Å². The molecule has 1 aliphatic heterocycles. The SMILES string of the molecule is CCOC(=O)[C@@]1(O)c2c(O)cc(OCCCO)cc2O[C@H]1c1ccc(OCc2ccccc2)cc1Br. The third-order valence-corrected chi connectivity index (χ3v) is 6.41. The van der Waals surface area contributed by atoms with E-state index in [2.05, 4.69) is 15.9 Å². The van der Waals surface area contributed by atoms with Gasteiger partial charge in [-0.25, -0.2) is 4.79 Å². The zero-order chi connectivity index (χ0) is 25.7. The minimum absolute atomic E-state index is 0.0275. The molecule has 2 atom stereocenters. The van der Waals surface area contributed by atoms with Gasteiger partial charge in [0.2, 0.25) is 5.60 Å². The van der Waals surface area contributed by atoms with Crippen LogP contribution in [-0.4, -0.2) is 41.1 Å². The van der Waals surface area contributed by atoms with Crippen molar-refractivity contribution >= 4 is 21.9 Å². The number of benzene rings is 3. The number of esters is 1. The number of aromatic hydroxyl groups is 1. The van der Waals surface area contributed by atoms with E-state index in [-0.39, 0.29) is 42.6 Å². The number of rotatable bonds is 10. The molecule has 0 saturated carbocycles. The molecule has 0 saturated heterocycles. The molecule has 8 nitrogen and oxygen atoms in total. The fraction of sp³-hybridized carbons (Fsp3) is 0.296. The Morgan fingerprint density at radius 2 is 1.86 bits per heavy atom. The van der Waals surface area contributed by atoms with E-state index < -0.39 is 17.7 Å². The van der Waals surface area contributed by atoms with Gasteiger partial charge in [0.05, 0.1) is 18.8 Å². The van der Waals surface area contributed by atoms with E-state index in [4.69, 9.17) is 24.1 Å². The molecule has 1 heterocycles. The van der Waals surface area contributed by atoms with Crippen LogP contribution in [0.3, 0.4) is 0 Å². The number of carbonyl (C=O) groups excluding carboxylic acids is 1. The average Bonchev–Trinajstić information content (AvgIpc) is 3.17. The largest absolute Gasteiger partial charge is 0.507 e. The zero-order valence-corrected chi connectivity index (χ0v) is 21.2. The summed E-state index contributed by atoms with van der Waals surface area (Å²) in [4.78, 5) is 13.0. The lowest BCUT2D eigenvalue weighted by Crippen LogP contribution is -2.41. The highest BCUT2D eigenvalue weighted by Crippen LogP contribution is 2.55. The lowest BCUT2D eigenvalue weighted by Gasteiger charge is -2.28. The maximum atomic E-state index is 13.0. The molecule has 0 aliphatic carbocycles. The predicted octanol–water partition coefficient (Wildman–Crippen LogP) is 4.38. The number of aliphatic hydroxyl groups is 2. The van der Waals surface area contributed by atoms with Gasteiger partial charge in [0.15, 0.2) is 6.10 Å². The number of halogens is 1. The monoisotopic (exact) mass is 558 g/mol. The van der Waals surface area contributed by atoms with Crippen LogP contribution in [0.5, 0.6) is 23.0 Å². The molecule has 9 heteroatoms. The van der Waals surface area contributed by atoms with E-state index in [0.717, 1.165) is 5.56 Å². The molecule has 3 aromatic rings. The van der Waals surface area contributed by atoms with E-state index in [0.29, 0.717) is 28.8 Å². The standard InChI is InChI=1S/C27H27BrO8/c1-2-33-26(31)27(32)24-22(30)14-19(34-12-6-11-29)15-23(24)36-25(27)20-10-9-18(13-21(20)28)35-16-17-7-4-3-5-8-17/h3-5,7-10,13-15,25,29-30,32H,2,6,11-12,16H2,1H3/t25-,27+/m0/s1. The Kier molecular flexibility index (Phi) is 8.03. The van der Waals surface area contributed by atoms with E-state index >= 15 is 0 Å². The summed E-state index contributed by atoms with van der Waals surface area (Å²) in [6, 6.07) is 17.6. The van der Waals surface area contributed by atoms with Crippen LogP contribution in [0, 0.1) is 0 Å². The first-order chi connectivity index (χ1) is 17.4. The van der Waals surface area contributed by atoms with Crippen molar-refractivity contribution in [2.24, 2.45) is 0 Å². The molecule has 4 rings (SSSR count). The average molecular weight is 559 g/mol. The Morgan fingerprint density at radius 1 is 1.08 bits per heavy atom. The van der Waals surface area contributed by atoms with Crippen molar-refractivity contribution < 1.29 is 39.1 Å². The van der Waals surface area contributed by atoms with Crippen LogP contribution in [-0.2, 0) is 21.7 Å². The zero-order valence-electron chi connectivity index (χ0n) is 19.6. The van der Waals surface area contributed by atoms with Crippen molar-refractivity contribution in [3.8, 4) is 23.0 Å². The topological polar surface area (TPSA) is 115 Å². The molecule has 3 aromatic carbocycles. The molecule has 36 heavy (non-hydrogen) atoms. The number of phenols is 1. The Hall–Kier alpha value is -3.27. The summed E-state index contributed by atoms with van der Waals surface area (Å²) in [7, 11) is 0. The minimum atomic E-state index is -2.31. The Bertz CT molecular complexity index is 1220. The van der Waals surface area contributed by atoms with Crippen LogP contribution in [0.4, 0.5) is 0 Å². The molecule has 0 radical (unpaired) electrons. The van der Waals surface area contributed by atoms with E-state index in [9.17, 15) is 15.0 Å². The summed E-state index contributed by atoms with van der Waals surface area (Å²) < 4.78 is 23.2. The number of hydrogen-bond donors (Lipinski definition) is 3. The highest BCUT2D eigenvalue weighted by molar-refractivity contribution is 9.10. The van der Waals surface area contributed by atoms with Crippen LogP contribution in [0.1, 0.15) is 36.1 Å². The van der Waals surface area contributed by atoms with Crippen molar-refractivity contribution in [1.82, 2.24) is 0 Å². The minimum Gasteiger partial charge on any atom is -0.507 e. The van der Waals surface area contributed by atoms with Crippen LogP contribution in [0.25, 0.3) is 0 Å². The summed E-state index contributed by atoms with van der Waals surface area (Å²) in [5.74, 6) is -0.383. The van der Waals surface area contributed by atoms with Gasteiger partial charge in [-0.2, -0.15) is 0 Å². The fourth-order valence-electron chi connectivity index (χ4n) is 4.02. The van der Waals surface area contributed by atoms with E-state index in [1.807, 2.05) is 30.3 Å². The van der Waals surface area contributed by atoms with E-state index in [1.165, 1.54) is 12.1 Å². The quantitative estimate of drug-likeness (QED) is 0.248. The van der Waals surface area contributed by atoms with Crippen molar-refractivity contribution in [2.75, 3.05) is 19.8 Å². The van der Waals surface area contributed by atoms with E-state index in [1.54, 1.807) is 25.1 Å². The fourth-order valence-corrected chi connectivity index (χ4v) is 4.59. The van der Waals surface area contributed by atoms with Crippen molar-refractivity contribution in [1.29, 1.82) is 0 Å². The smallest absolute Gasteiger partial charge is 0.347 e. The van der Waals surface area contributed by atoms with Crippen LogP contribution in [0.15, 0.2) is 65.1 Å². The van der Waals surface area contributed by atoms with Gasteiger partial charge in [-0.15, -0.1) is 0 Å². The van der Waals surface area contributed by atoms with Gasteiger partial charge in [0.25, 0.3) is 0 Å². The highest BCUT2D eigenvalue weighted by atomic mass is 79.9. The maximum Gasteiger partial charge on any atom is 0.347 e. The first kappa shape index (κ1) is 25.8. The number of hydrogen-bond acceptors (Lipinski definition) is 8. The van der Waals surface area contributed by atoms with Gasteiger partial charge >= 0.3 is 5.97 Å². The molecule has 0 unspecified atom stereocenters. The summed E-state index contributed by atoms with van der Waals surface area (Å²) in [6.45, 7) is 2.20. The van der Waals surface area contributed by atoms with Crippen molar-refractivity contribution in [2.45, 2.75) is 31.7 Å². The predicted molar refractivity (Wildman–Crippen MR) is 134 cm³/mol. The van der Waals surface area contributed by atoms with Crippen LogP contribution in [0.2, 0.25) is 0 Å². The van der Waals surface area contributed by atoms with Gasteiger partial charge in [-0.1, -0.05) is 52.3 Å². The summed E-state index contributed by atoms with van der Waals surface area (Å²) >= 11 is 3.51. The second-order valence-electron chi connectivity index (χ2n) is 8.18. The number of ether oxygens (including phenoxy) is 4. The molecule has 1 aliphatic rings. The molecule has 0 fully saturated rings. The molecule has 0 amide bonds. The van der Waals surface area contributed by atoms with Crippen molar-refractivity contribution in [3.63, 3.8) is 0 Å². The van der Waals surface area contributed by atoms with Crippen LogP contribution < -0.4 is 14.2 Å². The second kappa shape index (κ2) is 11.2. The number of carbonyl (C=O) groups is 1. The maximum absolute atomic E-state index is 13.0. The van der Waals surface area contributed by atoms with Crippen molar-refractivity contribution in [3.05, 3.63) is 81.8 Å².